The Balaban J connectivity index is 1.57. The van der Waals surface area contributed by atoms with E-state index in [1.807, 2.05) is 39.1 Å². The zero-order valence-corrected chi connectivity index (χ0v) is 15.9. The quantitative estimate of drug-likeness (QED) is 0.560. The summed E-state index contributed by atoms with van der Waals surface area (Å²) >= 11 is 0. The van der Waals surface area contributed by atoms with Crippen molar-refractivity contribution in [1.82, 2.24) is 40.2 Å². The van der Waals surface area contributed by atoms with Gasteiger partial charge in [-0.25, -0.2) is 4.68 Å². The fourth-order valence-electron chi connectivity index (χ4n) is 3.12. The Bertz CT molecular complexity index is 1170. The van der Waals surface area contributed by atoms with Gasteiger partial charge in [0.2, 0.25) is 0 Å². The first kappa shape index (κ1) is 17.6. The molecule has 10 heteroatoms. The topological polar surface area (TPSA) is 119 Å². The minimum atomic E-state index is -0.286. The van der Waals surface area contributed by atoms with Crippen molar-refractivity contribution < 1.29 is 4.79 Å². The predicted molar refractivity (Wildman–Crippen MR) is 102 cm³/mol. The lowest BCUT2D eigenvalue weighted by Gasteiger charge is -2.05. The van der Waals surface area contributed by atoms with Crippen LogP contribution in [0.15, 0.2) is 30.3 Å². The van der Waals surface area contributed by atoms with E-state index in [4.69, 9.17) is 0 Å². The molecule has 142 valence electrons. The molecule has 28 heavy (non-hydrogen) atoms. The van der Waals surface area contributed by atoms with E-state index in [0.29, 0.717) is 22.9 Å². The van der Waals surface area contributed by atoms with Gasteiger partial charge < -0.3 is 5.32 Å². The molecule has 0 aliphatic heterocycles. The Morgan fingerprint density at radius 2 is 1.96 bits per heavy atom. The summed E-state index contributed by atoms with van der Waals surface area (Å²) in [6, 6.07) is 9.06. The number of tetrazole rings is 1. The normalized spacial score (nSPS) is 11.0. The minimum absolute atomic E-state index is 0.286. The van der Waals surface area contributed by atoms with Crippen LogP contribution in [0.1, 0.15) is 21.9 Å². The molecule has 3 aromatic heterocycles. The second-order valence-corrected chi connectivity index (χ2v) is 6.50. The van der Waals surface area contributed by atoms with Gasteiger partial charge in [-0.3, -0.25) is 14.6 Å². The van der Waals surface area contributed by atoms with Gasteiger partial charge >= 0.3 is 0 Å². The van der Waals surface area contributed by atoms with Crippen LogP contribution in [0.2, 0.25) is 0 Å². The Morgan fingerprint density at radius 1 is 1.14 bits per heavy atom. The maximum absolute atomic E-state index is 12.6. The number of aryl methyl sites for hydroxylation is 3. The van der Waals surface area contributed by atoms with Crippen LogP contribution in [0.3, 0.4) is 0 Å². The molecule has 0 saturated heterocycles. The van der Waals surface area contributed by atoms with Crippen LogP contribution in [-0.2, 0) is 14.1 Å². The fraction of sp³-hybridized carbons (Fsp3) is 0.222. The summed E-state index contributed by atoms with van der Waals surface area (Å²) in [6.45, 7) is 3.89. The highest BCUT2D eigenvalue weighted by Crippen LogP contribution is 2.25. The van der Waals surface area contributed by atoms with Crippen LogP contribution in [0.25, 0.3) is 22.6 Å². The molecule has 1 amide bonds. The van der Waals surface area contributed by atoms with Gasteiger partial charge in [0.15, 0.2) is 5.82 Å². The number of nitrogens with zero attached hydrogens (tertiary/aromatic N) is 7. The van der Waals surface area contributed by atoms with Gasteiger partial charge in [0.1, 0.15) is 5.69 Å². The van der Waals surface area contributed by atoms with Gasteiger partial charge in [-0.2, -0.15) is 10.2 Å². The third-order valence-corrected chi connectivity index (χ3v) is 4.59. The Labute approximate surface area is 160 Å². The highest BCUT2D eigenvalue weighted by molar-refractivity contribution is 6.03. The first-order valence-corrected chi connectivity index (χ1v) is 8.64. The van der Waals surface area contributed by atoms with E-state index in [1.54, 1.807) is 28.5 Å². The smallest absolute Gasteiger partial charge is 0.273 e. The maximum Gasteiger partial charge on any atom is 0.273 e. The zero-order valence-electron chi connectivity index (χ0n) is 15.9. The summed E-state index contributed by atoms with van der Waals surface area (Å²) in [7, 11) is 3.64. The number of carbonyl (C=O) groups is 1. The number of aromatic nitrogens is 8. The van der Waals surface area contributed by atoms with E-state index in [-0.39, 0.29) is 5.91 Å². The second kappa shape index (κ2) is 6.72. The monoisotopic (exact) mass is 377 g/mol. The first-order valence-electron chi connectivity index (χ1n) is 8.64. The average Bonchev–Trinajstić information content (AvgIpc) is 3.36. The summed E-state index contributed by atoms with van der Waals surface area (Å²) in [5.74, 6) is 0.327. The Kier molecular flexibility index (Phi) is 4.22. The lowest BCUT2D eigenvalue weighted by molar-refractivity contribution is 0.102. The van der Waals surface area contributed by atoms with Crippen molar-refractivity contribution in [3.8, 4) is 22.6 Å². The number of carbonyl (C=O) groups excluding carboxylic acids is 1. The summed E-state index contributed by atoms with van der Waals surface area (Å²) in [5, 5.41) is 25.8. The Morgan fingerprint density at radius 3 is 2.64 bits per heavy atom. The average molecular weight is 377 g/mol. The second-order valence-electron chi connectivity index (χ2n) is 6.50. The molecule has 4 aromatic rings. The van der Waals surface area contributed by atoms with Crippen molar-refractivity contribution in [3.05, 3.63) is 47.4 Å². The van der Waals surface area contributed by atoms with Crippen molar-refractivity contribution in [3.63, 3.8) is 0 Å². The number of benzene rings is 1. The third kappa shape index (κ3) is 3.04. The molecule has 0 saturated carbocycles. The van der Waals surface area contributed by atoms with Crippen molar-refractivity contribution in [2.75, 3.05) is 5.32 Å². The maximum atomic E-state index is 12.6. The molecule has 0 spiro atoms. The van der Waals surface area contributed by atoms with Crippen molar-refractivity contribution in [2.45, 2.75) is 13.8 Å². The van der Waals surface area contributed by atoms with Crippen LogP contribution in [-0.4, -0.2) is 46.1 Å². The predicted octanol–water partition coefficient (Wildman–Crippen LogP) is 1.87. The molecule has 3 heterocycles. The first-order chi connectivity index (χ1) is 13.4. The van der Waals surface area contributed by atoms with E-state index in [9.17, 15) is 4.79 Å². The number of aromatic amines is 1. The van der Waals surface area contributed by atoms with Crippen LogP contribution in [0.4, 0.5) is 5.69 Å². The number of anilines is 1. The van der Waals surface area contributed by atoms with Crippen molar-refractivity contribution >= 4 is 11.6 Å². The molecule has 0 atom stereocenters. The van der Waals surface area contributed by atoms with E-state index < -0.39 is 0 Å². The van der Waals surface area contributed by atoms with Crippen LogP contribution < -0.4 is 5.32 Å². The molecule has 0 fully saturated rings. The number of H-pyrrole nitrogens is 1. The standard InChI is InChI=1S/C18H19N9O/c1-10-16(11(2)26(3)23-10)14-9-15(21-20-14)18(28)19-13-7-5-6-12(8-13)17-22-24-25-27(17)4/h5-9H,1-4H3,(H,19,28)(H,20,21). The lowest BCUT2D eigenvalue weighted by Crippen LogP contribution is -2.12. The molecule has 10 nitrogen and oxygen atoms in total. The zero-order chi connectivity index (χ0) is 19.8. The number of nitrogens with one attached hydrogen (secondary N) is 2. The SMILES string of the molecule is Cc1nn(C)c(C)c1-c1cc(C(=O)Nc2cccc(-c3nnnn3C)c2)[nH]n1. The number of hydrogen-bond donors (Lipinski definition) is 2. The molecule has 0 radical (unpaired) electrons. The molecule has 0 unspecified atom stereocenters. The fourth-order valence-corrected chi connectivity index (χ4v) is 3.12. The lowest BCUT2D eigenvalue weighted by atomic mass is 10.1. The molecule has 0 aliphatic carbocycles. The highest BCUT2D eigenvalue weighted by atomic mass is 16.1. The molecule has 1 aromatic carbocycles. The molecular formula is C18H19N9O. The van der Waals surface area contributed by atoms with Gasteiger partial charge in [-0.1, -0.05) is 12.1 Å². The molecule has 2 N–H and O–H groups in total. The number of amides is 1. The van der Waals surface area contributed by atoms with Crippen molar-refractivity contribution in [2.24, 2.45) is 14.1 Å². The summed E-state index contributed by atoms with van der Waals surface area (Å²) in [4.78, 5) is 12.6. The summed E-state index contributed by atoms with van der Waals surface area (Å²) < 4.78 is 3.37. The van der Waals surface area contributed by atoms with Crippen LogP contribution in [0, 0.1) is 13.8 Å². The van der Waals surface area contributed by atoms with E-state index >= 15 is 0 Å². The van der Waals surface area contributed by atoms with Crippen molar-refractivity contribution in [1.29, 1.82) is 0 Å². The van der Waals surface area contributed by atoms with E-state index in [1.165, 1.54) is 0 Å². The van der Waals surface area contributed by atoms with Gasteiger partial charge in [0.25, 0.3) is 5.91 Å². The molecule has 4 rings (SSSR count). The van der Waals surface area contributed by atoms with Gasteiger partial charge in [-0.15, -0.1) is 5.10 Å². The van der Waals surface area contributed by atoms with E-state index in [2.05, 4.69) is 36.1 Å². The summed E-state index contributed by atoms with van der Waals surface area (Å²) in [6.07, 6.45) is 0. The number of hydrogen-bond acceptors (Lipinski definition) is 6. The molecule has 0 bridgehead atoms. The molecule has 0 aliphatic rings. The highest BCUT2D eigenvalue weighted by Gasteiger charge is 2.17. The number of rotatable bonds is 4. The molecular weight excluding hydrogens is 358 g/mol. The van der Waals surface area contributed by atoms with Crippen LogP contribution >= 0.6 is 0 Å². The van der Waals surface area contributed by atoms with Gasteiger partial charge in [0.05, 0.1) is 11.4 Å². The Hall–Kier alpha value is -3.82. The van der Waals surface area contributed by atoms with E-state index in [0.717, 1.165) is 22.5 Å². The van der Waals surface area contributed by atoms with Gasteiger partial charge in [0, 0.05) is 36.6 Å². The third-order valence-electron chi connectivity index (χ3n) is 4.59. The van der Waals surface area contributed by atoms with Gasteiger partial charge in [-0.05, 0) is 42.5 Å². The minimum Gasteiger partial charge on any atom is -0.321 e. The summed E-state index contributed by atoms with van der Waals surface area (Å²) in [5.41, 5.74) is 5.27. The van der Waals surface area contributed by atoms with Crippen LogP contribution in [0.5, 0.6) is 0 Å². The largest absolute Gasteiger partial charge is 0.321 e.